The molecule has 0 amide bonds. The Morgan fingerprint density at radius 2 is 1.90 bits per heavy atom. The molecule has 4 aliphatic carbocycles. The van der Waals surface area contributed by atoms with Crippen LogP contribution in [-0.4, -0.2) is 11.2 Å². The van der Waals surface area contributed by atoms with E-state index in [1.54, 1.807) is 5.57 Å². The van der Waals surface area contributed by atoms with Gasteiger partial charge in [0.2, 0.25) is 0 Å². The van der Waals surface area contributed by atoms with E-state index in [0.717, 1.165) is 42.4 Å². The Labute approximate surface area is 193 Å². The second kappa shape index (κ2) is 8.34. The minimum Gasteiger partial charge on any atom is -0.393 e. The molecule has 0 radical (unpaired) electrons. The van der Waals surface area contributed by atoms with Crippen LogP contribution in [0.25, 0.3) is 0 Å². The molecule has 4 rings (SSSR count). The molecule has 4 aliphatic rings. The van der Waals surface area contributed by atoms with Crippen LogP contribution in [0.4, 0.5) is 0 Å². The Balaban J connectivity index is 1.46. The van der Waals surface area contributed by atoms with Crippen LogP contribution in [-0.2, 0) is 0 Å². The predicted octanol–water partition coefficient (Wildman–Crippen LogP) is 8.34. The molecule has 0 aliphatic heterocycles. The lowest BCUT2D eigenvalue weighted by Crippen LogP contribution is -2.50. The first-order valence-electron chi connectivity index (χ1n) is 13.6. The zero-order chi connectivity index (χ0) is 22.6. The van der Waals surface area contributed by atoms with Crippen LogP contribution in [0.15, 0.2) is 23.8 Å². The lowest BCUT2D eigenvalue weighted by molar-refractivity contribution is -0.0571. The van der Waals surface area contributed by atoms with E-state index < -0.39 is 0 Å². The van der Waals surface area contributed by atoms with Crippen molar-refractivity contribution in [3.63, 3.8) is 0 Å². The van der Waals surface area contributed by atoms with Gasteiger partial charge in [-0.2, -0.15) is 0 Å². The maximum Gasteiger partial charge on any atom is 0.0577 e. The summed E-state index contributed by atoms with van der Waals surface area (Å²) < 4.78 is 0. The third kappa shape index (κ3) is 3.89. The molecule has 0 spiro atoms. The number of fused-ring (bicyclic) bond motifs is 5. The lowest BCUT2D eigenvalue weighted by Gasteiger charge is -2.58. The first-order valence-corrected chi connectivity index (χ1v) is 13.6. The molecule has 176 valence electrons. The normalized spacial score (nSPS) is 43.5. The van der Waals surface area contributed by atoms with Gasteiger partial charge in [0.15, 0.2) is 0 Å². The largest absolute Gasteiger partial charge is 0.393 e. The van der Waals surface area contributed by atoms with Crippen molar-refractivity contribution in [3.05, 3.63) is 23.8 Å². The highest BCUT2D eigenvalue weighted by Gasteiger charge is 2.59. The van der Waals surface area contributed by atoms with Crippen LogP contribution in [0, 0.1) is 45.8 Å². The van der Waals surface area contributed by atoms with Crippen molar-refractivity contribution < 1.29 is 5.11 Å². The highest BCUT2D eigenvalue weighted by molar-refractivity contribution is 5.25. The lowest BCUT2D eigenvalue weighted by atomic mass is 9.47. The number of allylic oxidation sites excluding steroid dienone is 2. The summed E-state index contributed by atoms with van der Waals surface area (Å²) in [7, 11) is 0. The van der Waals surface area contributed by atoms with Gasteiger partial charge in [0.1, 0.15) is 0 Å². The van der Waals surface area contributed by atoms with Gasteiger partial charge in [0, 0.05) is 0 Å². The van der Waals surface area contributed by atoms with E-state index in [2.05, 4.69) is 54.2 Å². The molecule has 0 aromatic carbocycles. The van der Waals surface area contributed by atoms with Crippen molar-refractivity contribution in [1.29, 1.82) is 0 Å². The summed E-state index contributed by atoms with van der Waals surface area (Å²) in [5.74, 6) is 4.36. The molecule has 3 saturated carbocycles. The number of hydrogen-bond donors (Lipinski definition) is 1. The fourth-order valence-corrected chi connectivity index (χ4v) is 8.81. The monoisotopic (exact) mass is 426 g/mol. The van der Waals surface area contributed by atoms with Crippen molar-refractivity contribution >= 4 is 0 Å². The van der Waals surface area contributed by atoms with Gasteiger partial charge in [-0.05, 0) is 116 Å². The average molecular weight is 427 g/mol. The van der Waals surface area contributed by atoms with Gasteiger partial charge in [-0.15, -0.1) is 0 Å². The first kappa shape index (κ1) is 23.6. The number of hydrogen-bond acceptors (Lipinski definition) is 1. The fraction of sp³-hybridized carbons (Fsp3) is 0.867. The van der Waals surface area contributed by atoms with Crippen LogP contribution < -0.4 is 0 Å². The SMILES string of the molecule is C=C(CC[C@@H](C)C1CCC2C3CC=C4CC(O)CCC4(C)C3CCC21C)C(C)(C)CC. The average Bonchev–Trinajstić information content (AvgIpc) is 3.09. The van der Waals surface area contributed by atoms with E-state index >= 15 is 0 Å². The Hall–Kier alpha value is -0.560. The predicted molar refractivity (Wildman–Crippen MR) is 133 cm³/mol. The van der Waals surface area contributed by atoms with Crippen LogP contribution in [0.1, 0.15) is 112 Å². The Bertz CT molecular complexity index is 716. The topological polar surface area (TPSA) is 20.2 Å². The summed E-state index contributed by atoms with van der Waals surface area (Å²) >= 11 is 0. The molecule has 0 heterocycles. The molecule has 0 aromatic heterocycles. The van der Waals surface area contributed by atoms with Crippen LogP contribution in [0.3, 0.4) is 0 Å². The number of aliphatic hydroxyl groups excluding tert-OH is 1. The van der Waals surface area contributed by atoms with E-state index in [4.69, 9.17) is 0 Å². The number of rotatable bonds is 6. The summed E-state index contributed by atoms with van der Waals surface area (Å²) in [6.07, 6.45) is 16.4. The summed E-state index contributed by atoms with van der Waals surface area (Å²) in [5.41, 5.74) is 4.27. The molecule has 1 nitrogen and oxygen atoms in total. The number of aliphatic hydroxyl groups is 1. The van der Waals surface area contributed by atoms with Crippen molar-refractivity contribution in [2.75, 3.05) is 0 Å². The molecule has 3 fully saturated rings. The van der Waals surface area contributed by atoms with Crippen LogP contribution in [0.5, 0.6) is 0 Å². The zero-order valence-electron chi connectivity index (χ0n) is 21.5. The third-order valence-electron chi connectivity index (χ3n) is 11.6. The Kier molecular flexibility index (Phi) is 6.35. The Morgan fingerprint density at radius 3 is 2.61 bits per heavy atom. The first-order chi connectivity index (χ1) is 14.5. The minimum absolute atomic E-state index is 0.0890. The highest BCUT2D eigenvalue weighted by atomic mass is 16.3. The van der Waals surface area contributed by atoms with E-state index in [1.165, 1.54) is 63.4 Å². The van der Waals surface area contributed by atoms with Crippen molar-refractivity contribution in [1.82, 2.24) is 0 Å². The minimum atomic E-state index is -0.0890. The smallest absolute Gasteiger partial charge is 0.0577 e. The zero-order valence-corrected chi connectivity index (χ0v) is 21.5. The van der Waals surface area contributed by atoms with Crippen LogP contribution >= 0.6 is 0 Å². The van der Waals surface area contributed by atoms with Crippen molar-refractivity contribution in [3.8, 4) is 0 Å². The maximum absolute atomic E-state index is 10.3. The molecular formula is C30H50O. The van der Waals surface area contributed by atoms with Crippen molar-refractivity contribution in [2.45, 2.75) is 118 Å². The Morgan fingerprint density at radius 1 is 1.16 bits per heavy atom. The highest BCUT2D eigenvalue weighted by Crippen LogP contribution is 2.67. The second-order valence-electron chi connectivity index (χ2n) is 13.2. The van der Waals surface area contributed by atoms with Gasteiger partial charge < -0.3 is 5.11 Å². The van der Waals surface area contributed by atoms with Crippen molar-refractivity contribution in [2.24, 2.45) is 45.8 Å². The van der Waals surface area contributed by atoms with E-state index in [1.807, 2.05) is 0 Å². The molecule has 0 bridgehead atoms. The fourth-order valence-electron chi connectivity index (χ4n) is 8.81. The second-order valence-corrected chi connectivity index (χ2v) is 13.2. The molecule has 8 atom stereocenters. The van der Waals surface area contributed by atoms with E-state index in [-0.39, 0.29) is 11.5 Å². The summed E-state index contributed by atoms with van der Waals surface area (Å²) in [6, 6.07) is 0. The van der Waals surface area contributed by atoms with Gasteiger partial charge in [-0.3, -0.25) is 0 Å². The summed E-state index contributed by atoms with van der Waals surface area (Å²) in [4.78, 5) is 0. The van der Waals surface area contributed by atoms with E-state index in [0.29, 0.717) is 10.8 Å². The summed E-state index contributed by atoms with van der Waals surface area (Å²) in [6.45, 7) is 19.3. The van der Waals surface area contributed by atoms with Gasteiger partial charge in [0.25, 0.3) is 0 Å². The summed E-state index contributed by atoms with van der Waals surface area (Å²) in [5, 5.41) is 10.3. The van der Waals surface area contributed by atoms with Gasteiger partial charge in [-0.1, -0.05) is 65.3 Å². The van der Waals surface area contributed by atoms with Crippen LogP contribution in [0.2, 0.25) is 0 Å². The van der Waals surface area contributed by atoms with E-state index in [9.17, 15) is 5.11 Å². The molecule has 0 saturated heterocycles. The molecule has 7 unspecified atom stereocenters. The molecule has 1 N–H and O–H groups in total. The van der Waals surface area contributed by atoms with Gasteiger partial charge >= 0.3 is 0 Å². The molecular weight excluding hydrogens is 376 g/mol. The molecule has 1 heteroatoms. The maximum atomic E-state index is 10.3. The molecule has 31 heavy (non-hydrogen) atoms. The van der Waals surface area contributed by atoms with Gasteiger partial charge in [0.05, 0.1) is 6.10 Å². The third-order valence-corrected chi connectivity index (χ3v) is 11.6. The quantitative estimate of drug-likeness (QED) is 0.423. The molecule has 0 aromatic rings. The standard InChI is InChI=1S/C30H50O/c1-8-28(4,5)21(3)10-9-20(2)25-13-14-26-24-12-11-22-19-23(31)15-17-29(22,6)27(24)16-18-30(25,26)7/h11,20,23-27,31H,3,8-10,12-19H2,1-2,4-7H3/t20-,23?,24?,25?,26?,27?,29?,30?/m1/s1. The van der Waals surface area contributed by atoms with Gasteiger partial charge in [-0.25, -0.2) is 0 Å².